The van der Waals surface area contributed by atoms with Crippen LogP contribution in [0.25, 0.3) is 0 Å². The average Bonchev–Trinajstić information content (AvgIpc) is 2.43. The number of halogens is 2. The van der Waals surface area contributed by atoms with E-state index >= 15 is 0 Å². The summed E-state index contributed by atoms with van der Waals surface area (Å²) in [4.78, 5) is 10.1. The van der Waals surface area contributed by atoms with Crippen LogP contribution in [0.4, 0.5) is 10.1 Å². The molecule has 1 saturated carbocycles. The summed E-state index contributed by atoms with van der Waals surface area (Å²) in [5.74, 6) is 0.128. The molecule has 3 nitrogen and oxygen atoms in total. The van der Waals surface area contributed by atoms with E-state index in [1.54, 1.807) is 12.1 Å². The number of nitro groups is 1. The normalized spacial score (nSPS) is 26.4. The van der Waals surface area contributed by atoms with Gasteiger partial charge in [-0.25, -0.2) is 0 Å². The highest BCUT2D eigenvalue weighted by molar-refractivity contribution is 6.20. The van der Waals surface area contributed by atoms with Crippen LogP contribution in [0, 0.1) is 27.8 Å². The molecule has 1 aliphatic rings. The minimum absolute atomic E-state index is 0.0384. The molecule has 1 aromatic carbocycles. The van der Waals surface area contributed by atoms with Gasteiger partial charge in [0.2, 0.25) is 5.82 Å². The Morgan fingerprint density at radius 3 is 2.85 bits per heavy atom. The molecule has 0 aromatic heterocycles. The second-order valence-electron chi connectivity index (χ2n) is 5.57. The van der Waals surface area contributed by atoms with Gasteiger partial charge in [0.15, 0.2) is 0 Å². The minimum atomic E-state index is -0.708. The fourth-order valence-electron chi connectivity index (χ4n) is 3.05. The first kappa shape index (κ1) is 15.2. The summed E-state index contributed by atoms with van der Waals surface area (Å²) in [6, 6.07) is 4.37. The van der Waals surface area contributed by atoms with Gasteiger partial charge in [0.1, 0.15) is 0 Å². The first-order valence-corrected chi connectivity index (χ1v) is 7.52. The lowest BCUT2D eigenvalue weighted by Gasteiger charge is -2.32. The molecule has 110 valence electrons. The molecule has 1 aromatic rings. The molecule has 0 bridgehead atoms. The van der Waals surface area contributed by atoms with Crippen LogP contribution in [-0.2, 0) is 6.42 Å². The highest BCUT2D eigenvalue weighted by atomic mass is 35.5. The van der Waals surface area contributed by atoms with Crippen LogP contribution in [0.15, 0.2) is 18.2 Å². The summed E-state index contributed by atoms with van der Waals surface area (Å²) < 4.78 is 14.1. The van der Waals surface area contributed by atoms with E-state index in [4.69, 9.17) is 11.6 Å². The van der Waals surface area contributed by atoms with E-state index in [1.165, 1.54) is 6.07 Å². The number of rotatable bonds is 4. The highest BCUT2D eigenvalue weighted by Crippen LogP contribution is 2.37. The molecule has 20 heavy (non-hydrogen) atoms. The predicted molar refractivity (Wildman–Crippen MR) is 77.5 cm³/mol. The molecule has 2 rings (SSSR count). The summed E-state index contributed by atoms with van der Waals surface area (Å²) in [5.41, 5.74) is -0.0388. The fourth-order valence-corrected chi connectivity index (χ4v) is 3.37. The third-order valence-corrected chi connectivity index (χ3v) is 4.89. The van der Waals surface area contributed by atoms with Crippen LogP contribution < -0.4 is 0 Å². The Morgan fingerprint density at radius 1 is 1.45 bits per heavy atom. The number of hydrogen-bond acceptors (Lipinski definition) is 2. The summed E-state index contributed by atoms with van der Waals surface area (Å²) in [7, 11) is 0. The van der Waals surface area contributed by atoms with Crippen molar-refractivity contribution in [1.29, 1.82) is 0 Å². The minimum Gasteiger partial charge on any atom is -0.258 e. The van der Waals surface area contributed by atoms with E-state index in [0.717, 1.165) is 25.7 Å². The molecule has 3 atom stereocenters. The molecule has 1 aliphatic carbocycles. The second kappa shape index (κ2) is 6.53. The summed E-state index contributed by atoms with van der Waals surface area (Å²) >= 11 is 6.35. The summed E-state index contributed by atoms with van der Waals surface area (Å²) in [6.45, 7) is 2.16. The van der Waals surface area contributed by atoms with E-state index in [-0.39, 0.29) is 11.3 Å². The summed E-state index contributed by atoms with van der Waals surface area (Å²) in [5, 5.41) is 10.8. The maximum absolute atomic E-state index is 14.1. The zero-order valence-corrected chi connectivity index (χ0v) is 12.3. The monoisotopic (exact) mass is 299 g/mol. The van der Waals surface area contributed by atoms with Crippen LogP contribution >= 0.6 is 11.6 Å². The van der Waals surface area contributed by atoms with Crippen molar-refractivity contribution >= 4 is 17.3 Å². The van der Waals surface area contributed by atoms with Crippen LogP contribution in [0.3, 0.4) is 0 Å². The molecule has 5 heteroatoms. The third kappa shape index (κ3) is 3.29. The maximum Gasteiger partial charge on any atom is 0.305 e. The zero-order chi connectivity index (χ0) is 14.7. The molecule has 1 fully saturated rings. The van der Waals surface area contributed by atoms with Crippen molar-refractivity contribution in [3.63, 3.8) is 0 Å². The van der Waals surface area contributed by atoms with Gasteiger partial charge in [-0.2, -0.15) is 4.39 Å². The molecule has 0 radical (unpaired) electrons. The van der Waals surface area contributed by atoms with Gasteiger partial charge in [-0.15, -0.1) is 11.6 Å². The zero-order valence-electron chi connectivity index (χ0n) is 11.5. The van der Waals surface area contributed by atoms with Crippen molar-refractivity contribution in [2.75, 3.05) is 0 Å². The van der Waals surface area contributed by atoms with E-state index in [0.29, 0.717) is 17.9 Å². The van der Waals surface area contributed by atoms with Gasteiger partial charge in [-0.05, 0) is 43.1 Å². The van der Waals surface area contributed by atoms with Crippen molar-refractivity contribution in [1.82, 2.24) is 0 Å². The Balaban J connectivity index is 2.16. The third-order valence-electron chi connectivity index (χ3n) is 4.31. The molecule has 0 aliphatic heterocycles. The molecular formula is C15H19ClFNO2. The molecule has 0 N–H and O–H groups in total. The fraction of sp³-hybridized carbons (Fsp3) is 0.600. The van der Waals surface area contributed by atoms with Crippen molar-refractivity contribution in [3.8, 4) is 0 Å². The number of nitrogens with zero attached hydrogens (tertiary/aromatic N) is 1. The molecule has 0 saturated heterocycles. The Bertz CT molecular complexity index is 495. The molecule has 0 amide bonds. The van der Waals surface area contributed by atoms with E-state index in [1.807, 2.05) is 0 Å². The number of hydrogen-bond donors (Lipinski definition) is 0. The Morgan fingerprint density at radius 2 is 2.20 bits per heavy atom. The lowest BCUT2D eigenvalue weighted by atomic mass is 9.77. The van der Waals surface area contributed by atoms with E-state index in [9.17, 15) is 14.5 Å². The van der Waals surface area contributed by atoms with Gasteiger partial charge in [0, 0.05) is 11.4 Å². The van der Waals surface area contributed by atoms with E-state index in [2.05, 4.69) is 6.92 Å². The Labute approximate surface area is 123 Å². The highest BCUT2D eigenvalue weighted by Gasteiger charge is 2.30. The van der Waals surface area contributed by atoms with Gasteiger partial charge in [0.05, 0.1) is 4.92 Å². The molecule has 0 heterocycles. The maximum atomic E-state index is 14.1. The van der Waals surface area contributed by atoms with Gasteiger partial charge in [0.25, 0.3) is 0 Å². The lowest BCUT2D eigenvalue weighted by Crippen LogP contribution is -2.27. The SMILES string of the molecule is CCC1CCC(Cl)C(Cc2cccc([N+](=O)[O-])c2F)C1. The van der Waals surface area contributed by atoms with Crippen molar-refractivity contribution in [2.24, 2.45) is 11.8 Å². The topological polar surface area (TPSA) is 43.1 Å². The first-order valence-electron chi connectivity index (χ1n) is 7.08. The van der Waals surface area contributed by atoms with Gasteiger partial charge in [-0.3, -0.25) is 10.1 Å². The van der Waals surface area contributed by atoms with Crippen LogP contribution in [0.2, 0.25) is 0 Å². The second-order valence-corrected chi connectivity index (χ2v) is 6.14. The van der Waals surface area contributed by atoms with Crippen LogP contribution in [0.5, 0.6) is 0 Å². The van der Waals surface area contributed by atoms with Crippen molar-refractivity contribution in [2.45, 2.75) is 44.4 Å². The van der Waals surface area contributed by atoms with Gasteiger partial charge in [-0.1, -0.05) is 25.5 Å². The van der Waals surface area contributed by atoms with Crippen LogP contribution in [-0.4, -0.2) is 10.3 Å². The molecule has 0 spiro atoms. The standard InChI is InChI=1S/C15H19ClFNO2/c1-2-10-6-7-13(16)12(8-10)9-11-4-3-5-14(15(11)17)18(19)20/h3-5,10,12-13H,2,6-9H2,1H3. The van der Waals surface area contributed by atoms with Crippen LogP contribution in [0.1, 0.15) is 38.2 Å². The number of benzene rings is 1. The summed E-state index contributed by atoms with van der Waals surface area (Å²) in [6.07, 6.45) is 4.64. The Kier molecular flexibility index (Phi) is 4.97. The largest absolute Gasteiger partial charge is 0.305 e. The smallest absolute Gasteiger partial charge is 0.258 e. The number of alkyl halides is 1. The quantitative estimate of drug-likeness (QED) is 0.459. The van der Waals surface area contributed by atoms with Crippen molar-refractivity contribution < 1.29 is 9.31 Å². The molecule has 3 unspecified atom stereocenters. The van der Waals surface area contributed by atoms with Gasteiger partial charge < -0.3 is 0 Å². The lowest BCUT2D eigenvalue weighted by molar-refractivity contribution is -0.387. The average molecular weight is 300 g/mol. The number of nitro benzene ring substituents is 1. The predicted octanol–water partition coefficient (Wildman–Crippen LogP) is 4.71. The Hall–Kier alpha value is -1.16. The van der Waals surface area contributed by atoms with Gasteiger partial charge >= 0.3 is 5.69 Å². The van der Waals surface area contributed by atoms with E-state index < -0.39 is 16.4 Å². The first-order chi connectivity index (χ1) is 9.52. The van der Waals surface area contributed by atoms with Crippen molar-refractivity contribution in [3.05, 3.63) is 39.7 Å². The molecular weight excluding hydrogens is 281 g/mol.